The molecule has 0 radical (unpaired) electrons. The van der Waals surface area contributed by atoms with E-state index in [-0.39, 0.29) is 22.1 Å². The van der Waals surface area contributed by atoms with Crippen LogP contribution in [0.3, 0.4) is 0 Å². The SMILES string of the molecule is CC(C)(CO)CNc1c(Cl)cc(F)cc1Cl. The van der Waals surface area contributed by atoms with Gasteiger partial charge in [0.05, 0.1) is 15.7 Å². The molecule has 0 heterocycles. The predicted octanol–water partition coefficient (Wildman–Crippen LogP) is 3.56. The summed E-state index contributed by atoms with van der Waals surface area (Å²) in [6.07, 6.45) is 0. The van der Waals surface area contributed by atoms with E-state index in [0.717, 1.165) is 0 Å². The second-order valence-corrected chi connectivity index (χ2v) is 5.23. The topological polar surface area (TPSA) is 32.3 Å². The lowest BCUT2D eigenvalue weighted by Crippen LogP contribution is -2.27. The molecule has 0 fully saturated rings. The first-order valence-corrected chi connectivity index (χ1v) is 5.60. The maximum Gasteiger partial charge on any atom is 0.126 e. The average molecular weight is 266 g/mol. The van der Waals surface area contributed by atoms with Gasteiger partial charge in [-0.2, -0.15) is 0 Å². The van der Waals surface area contributed by atoms with Gasteiger partial charge in [0.25, 0.3) is 0 Å². The van der Waals surface area contributed by atoms with Crippen molar-refractivity contribution in [3.05, 3.63) is 28.0 Å². The summed E-state index contributed by atoms with van der Waals surface area (Å²) in [6, 6.07) is 2.39. The first kappa shape index (κ1) is 13.6. The van der Waals surface area contributed by atoms with Crippen LogP contribution in [0.2, 0.25) is 10.0 Å². The lowest BCUT2D eigenvalue weighted by molar-refractivity contribution is 0.171. The first-order chi connectivity index (χ1) is 7.35. The molecular formula is C11H14Cl2FNO. The second kappa shape index (κ2) is 5.21. The largest absolute Gasteiger partial charge is 0.396 e. The van der Waals surface area contributed by atoms with Crippen molar-refractivity contribution in [1.82, 2.24) is 0 Å². The Kier molecular flexibility index (Phi) is 4.42. The fourth-order valence-corrected chi connectivity index (χ4v) is 1.69. The number of benzene rings is 1. The smallest absolute Gasteiger partial charge is 0.126 e. The van der Waals surface area contributed by atoms with Gasteiger partial charge < -0.3 is 10.4 Å². The van der Waals surface area contributed by atoms with E-state index in [2.05, 4.69) is 5.32 Å². The molecule has 16 heavy (non-hydrogen) atoms. The van der Waals surface area contributed by atoms with Crippen LogP contribution in [-0.2, 0) is 0 Å². The van der Waals surface area contributed by atoms with Gasteiger partial charge in [0.2, 0.25) is 0 Å². The predicted molar refractivity (Wildman–Crippen MR) is 65.8 cm³/mol. The number of halogens is 3. The lowest BCUT2D eigenvalue weighted by atomic mass is 9.95. The van der Waals surface area contributed by atoms with Gasteiger partial charge in [-0.1, -0.05) is 37.0 Å². The summed E-state index contributed by atoms with van der Waals surface area (Å²) in [6.45, 7) is 4.32. The highest BCUT2D eigenvalue weighted by molar-refractivity contribution is 6.39. The third-order valence-corrected chi connectivity index (χ3v) is 2.77. The highest BCUT2D eigenvalue weighted by Crippen LogP contribution is 2.32. The Balaban J connectivity index is 2.82. The standard InChI is InChI=1S/C11H14Cl2FNO/c1-11(2,6-16)5-15-10-8(12)3-7(14)4-9(10)13/h3-4,15-16H,5-6H2,1-2H3. The summed E-state index contributed by atoms with van der Waals surface area (Å²) in [5.41, 5.74) is 0.201. The highest BCUT2D eigenvalue weighted by Gasteiger charge is 2.17. The van der Waals surface area contributed by atoms with E-state index in [1.54, 1.807) is 0 Å². The molecule has 0 aromatic heterocycles. The molecule has 0 aliphatic rings. The third-order valence-electron chi connectivity index (χ3n) is 2.18. The van der Waals surface area contributed by atoms with Crippen molar-refractivity contribution in [2.45, 2.75) is 13.8 Å². The molecular weight excluding hydrogens is 252 g/mol. The van der Waals surface area contributed by atoms with E-state index in [1.165, 1.54) is 12.1 Å². The molecule has 1 rings (SSSR count). The van der Waals surface area contributed by atoms with E-state index in [4.69, 9.17) is 28.3 Å². The summed E-state index contributed by atoms with van der Waals surface area (Å²) in [5, 5.41) is 12.6. The molecule has 0 unspecified atom stereocenters. The second-order valence-electron chi connectivity index (χ2n) is 4.42. The monoisotopic (exact) mass is 265 g/mol. The van der Waals surface area contributed by atoms with Crippen molar-refractivity contribution in [3.8, 4) is 0 Å². The summed E-state index contributed by atoms with van der Waals surface area (Å²) in [5.74, 6) is -0.470. The molecule has 0 bridgehead atoms. The van der Waals surface area contributed by atoms with Gasteiger partial charge in [-0.05, 0) is 12.1 Å². The van der Waals surface area contributed by atoms with Gasteiger partial charge >= 0.3 is 0 Å². The lowest BCUT2D eigenvalue weighted by Gasteiger charge is -2.23. The van der Waals surface area contributed by atoms with E-state index in [9.17, 15) is 4.39 Å². The zero-order valence-corrected chi connectivity index (χ0v) is 10.7. The van der Waals surface area contributed by atoms with Gasteiger partial charge in [-0.3, -0.25) is 0 Å². The van der Waals surface area contributed by atoms with Crippen LogP contribution in [-0.4, -0.2) is 18.3 Å². The van der Waals surface area contributed by atoms with Crippen molar-refractivity contribution < 1.29 is 9.50 Å². The molecule has 0 amide bonds. The first-order valence-electron chi connectivity index (χ1n) is 4.85. The molecule has 0 spiro atoms. The van der Waals surface area contributed by atoms with Gasteiger partial charge in [0.15, 0.2) is 0 Å². The van der Waals surface area contributed by atoms with Gasteiger partial charge in [0, 0.05) is 18.6 Å². The maximum absolute atomic E-state index is 12.9. The number of hydrogen-bond acceptors (Lipinski definition) is 2. The van der Waals surface area contributed by atoms with Crippen LogP contribution in [0, 0.1) is 11.2 Å². The maximum atomic E-state index is 12.9. The van der Waals surface area contributed by atoms with Crippen molar-refractivity contribution in [2.75, 3.05) is 18.5 Å². The van der Waals surface area contributed by atoms with Crippen LogP contribution in [0.4, 0.5) is 10.1 Å². The normalized spacial score (nSPS) is 11.6. The molecule has 0 atom stereocenters. The molecule has 2 nitrogen and oxygen atoms in total. The van der Waals surface area contributed by atoms with E-state index >= 15 is 0 Å². The van der Waals surface area contributed by atoms with Crippen LogP contribution in [0.25, 0.3) is 0 Å². The quantitative estimate of drug-likeness (QED) is 0.873. The van der Waals surface area contributed by atoms with Crippen LogP contribution < -0.4 is 5.32 Å². The zero-order valence-electron chi connectivity index (χ0n) is 9.15. The zero-order chi connectivity index (χ0) is 12.3. The number of aliphatic hydroxyl groups is 1. The summed E-state index contributed by atoms with van der Waals surface area (Å²) >= 11 is 11.7. The molecule has 0 aliphatic heterocycles. The van der Waals surface area contributed by atoms with Crippen molar-refractivity contribution >= 4 is 28.9 Å². The molecule has 1 aromatic rings. The molecule has 90 valence electrons. The Labute approximate surface area is 104 Å². The van der Waals surface area contributed by atoms with Crippen LogP contribution in [0.1, 0.15) is 13.8 Å². The number of rotatable bonds is 4. The fraction of sp³-hybridized carbons (Fsp3) is 0.455. The van der Waals surface area contributed by atoms with E-state index in [1.807, 2.05) is 13.8 Å². The number of hydrogen-bond donors (Lipinski definition) is 2. The Hall–Kier alpha value is -0.510. The van der Waals surface area contributed by atoms with Crippen molar-refractivity contribution in [2.24, 2.45) is 5.41 Å². The van der Waals surface area contributed by atoms with Gasteiger partial charge in [-0.15, -0.1) is 0 Å². The molecule has 0 saturated heterocycles. The Morgan fingerprint density at radius 1 is 1.31 bits per heavy atom. The molecule has 0 saturated carbocycles. The highest BCUT2D eigenvalue weighted by atomic mass is 35.5. The van der Waals surface area contributed by atoms with Crippen LogP contribution in [0.15, 0.2) is 12.1 Å². The molecule has 0 aliphatic carbocycles. The van der Waals surface area contributed by atoms with Crippen LogP contribution in [0.5, 0.6) is 0 Å². The van der Waals surface area contributed by atoms with Gasteiger partial charge in [-0.25, -0.2) is 4.39 Å². The molecule has 1 aromatic carbocycles. The summed E-state index contributed by atoms with van der Waals surface area (Å²) < 4.78 is 12.9. The van der Waals surface area contributed by atoms with E-state index < -0.39 is 5.82 Å². The molecule has 2 N–H and O–H groups in total. The minimum atomic E-state index is -0.470. The number of nitrogens with one attached hydrogen (secondary N) is 1. The summed E-state index contributed by atoms with van der Waals surface area (Å²) in [7, 11) is 0. The Bertz CT molecular complexity index is 359. The summed E-state index contributed by atoms with van der Waals surface area (Å²) in [4.78, 5) is 0. The minimum absolute atomic E-state index is 0.0381. The van der Waals surface area contributed by atoms with Crippen LogP contribution >= 0.6 is 23.2 Å². The number of anilines is 1. The molecule has 5 heteroatoms. The Morgan fingerprint density at radius 3 is 2.25 bits per heavy atom. The fourth-order valence-electron chi connectivity index (χ4n) is 1.09. The minimum Gasteiger partial charge on any atom is -0.396 e. The van der Waals surface area contributed by atoms with Crippen molar-refractivity contribution in [1.29, 1.82) is 0 Å². The van der Waals surface area contributed by atoms with Crippen molar-refractivity contribution in [3.63, 3.8) is 0 Å². The third kappa shape index (κ3) is 3.51. The Morgan fingerprint density at radius 2 is 1.81 bits per heavy atom. The number of aliphatic hydroxyl groups excluding tert-OH is 1. The van der Waals surface area contributed by atoms with Gasteiger partial charge in [0.1, 0.15) is 5.82 Å². The van der Waals surface area contributed by atoms with E-state index in [0.29, 0.717) is 12.2 Å². The average Bonchev–Trinajstić information content (AvgIpc) is 2.16.